The van der Waals surface area contributed by atoms with Gasteiger partial charge < -0.3 is 0 Å². The van der Waals surface area contributed by atoms with Crippen LogP contribution in [0.5, 0.6) is 0 Å². The molecule has 8 heteroatoms. The van der Waals surface area contributed by atoms with Gasteiger partial charge in [0, 0.05) is 12.1 Å². The Kier molecular flexibility index (Phi) is 3.14. The van der Waals surface area contributed by atoms with Crippen molar-refractivity contribution in [3.05, 3.63) is 67.1 Å². The number of hydrogen-bond donors (Lipinski definition) is 0. The van der Waals surface area contributed by atoms with Crippen LogP contribution in [0, 0.1) is 0 Å². The van der Waals surface area contributed by atoms with Crippen molar-refractivity contribution in [1.29, 1.82) is 0 Å². The number of aromatic nitrogens is 4. The number of nitrogens with zero attached hydrogens (tertiary/aromatic N) is 4. The third-order valence-electron chi connectivity index (χ3n) is 3.73. The zero-order valence-electron chi connectivity index (χ0n) is 12.1. The van der Waals surface area contributed by atoms with Crippen LogP contribution in [0.25, 0.3) is 16.0 Å². The van der Waals surface area contributed by atoms with Gasteiger partial charge in [0.2, 0.25) is 5.78 Å². The Morgan fingerprint density at radius 2 is 2.09 bits per heavy atom. The fraction of sp³-hybridized carbons (Fsp3) is 0.133. The first-order valence-electron chi connectivity index (χ1n) is 6.86. The van der Waals surface area contributed by atoms with Gasteiger partial charge in [0.15, 0.2) is 0 Å². The van der Waals surface area contributed by atoms with E-state index < -0.39 is 0 Å². The van der Waals surface area contributed by atoms with Gasteiger partial charge in [-0.1, -0.05) is 23.7 Å². The smallest absolute Gasteiger partial charge is 0.279 e. The Bertz CT molecular complexity index is 1170. The summed E-state index contributed by atoms with van der Waals surface area (Å²) in [5.41, 5.74) is 1.03. The third-order valence-corrected chi connectivity index (χ3v) is 4.85. The van der Waals surface area contributed by atoms with E-state index >= 15 is 0 Å². The van der Waals surface area contributed by atoms with Gasteiger partial charge in [-0.3, -0.25) is 9.36 Å². The number of hydrogen-bond acceptors (Lipinski definition) is 4. The molecule has 0 atom stereocenters. The number of fused-ring (bicyclic) bond motifs is 3. The maximum Gasteiger partial charge on any atom is 0.352 e. The first-order chi connectivity index (χ1) is 11.1. The molecule has 23 heavy (non-hydrogen) atoms. The average molecular weight is 347 g/mol. The van der Waals surface area contributed by atoms with E-state index in [1.807, 2.05) is 12.1 Å². The van der Waals surface area contributed by atoms with Gasteiger partial charge >= 0.3 is 5.69 Å². The molecule has 6 nitrogen and oxygen atoms in total. The second-order valence-corrected chi connectivity index (χ2v) is 6.56. The summed E-state index contributed by atoms with van der Waals surface area (Å²) in [7, 11) is 1.62. The minimum absolute atomic E-state index is 0.151. The SMILES string of the molecule is Cn1c(=O)c2sccc2n2c(=O)n(Cc3cccc(Cl)c3)nc12. The maximum absolute atomic E-state index is 12.7. The lowest BCUT2D eigenvalue weighted by atomic mass is 10.2. The van der Waals surface area contributed by atoms with Crippen LogP contribution in [0.2, 0.25) is 5.02 Å². The van der Waals surface area contributed by atoms with Gasteiger partial charge in [-0.2, -0.15) is 0 Å². The fourth-order valence-electron chi connectivity index (χ4n) is 2.62. The number of thiophene rings is 1. The molecule has 4 aromatic rings. The fourth-order valence-corrected chi connectivity index (χ4v) is 3.68. The molecule has 0 amide bonds. The molecule has 3 aromatic heterocycles. The lowest BCUT2D eigenvalue weighted by Crippen LogP contribution is -2.24. The summed E-state index contributed by atoms with van der Waals surface area (Å²) in [5, 5.41) is 6.72. The highest BCUT2D eigenvalue weighted by molar-refractivity contribution is 7.17. The van der Waals surface area contributed by atoms with E-state index in [-0.39, 0.29) is 11.2 Å². The van der Waals surface area contributed by atoms with Gasteiger partial charge in [0.1, 0.15) is 4.70 Å². The molecular formula is C15H11ClN4O2S. The Labute approximate surface area is 138 Å². The lowest BCUT2D eigenvalue weighted by molar-refractivity contribution is 0.657. The monoisotopic (exact) mass is 346 g/mol. The molecule has 116 valence electrons. The van der Waals surface area contributed by atoms with Gasteiger partial charge in [0.25, 0.3) is 5.56 Å². The topological polar surface area (TPSA) is 61.3 Å². The van der Waals surface area contributed by atoms with E-state index in [1.54, 1.807) is 30.6 Å². The predicted molar refractivity (Wildman–Crippen MR) is 90.6 cm³/mol. The van der Waals surface area contributed by atoms with Crippen LogP contribution in [0.15, 0.2) is 45.3 Å². The predicted octanol–water partition coefficient (Wildman–Crippen LogP) is 2.11. The van der Waals surface area contributed by atoms with E-state index in [2.05, 4.69) is 5.10 Å². The van der Waals surface area contributed by atoms with Crippen molar-refractivity contribution >= 4 is 38.9 Å². The summed E-state index contributed by atoms with van der Waals surface area (Å²) in [5.74, 6) is 0.327. The van der Waals surface area contributed by atoms with E-state index in [1.165, 1.54) is 25.0 Å². The number of benzene rings is 1. The quantitative estimate of drug-likeness (QED) is 0.558. The van der Waals surface area contributed by atoms with E-state index in [9.17, 15) is 9.59 Å². The average Bonchev–Trinajstić information content (AvgIpc) is 3.11. The Morgan fingerprint density at radius 1 is 1.26 bits per heavy atom. The summed E-state index contributed by atoms with van der Waals surface area (Å²) in [4.78, 5) is 25.0. The zero-order valence-corrected chi connectivity index (χ0v) is 13.6. The van der Waals surface area contributed by atoms with Gasteiger partial charge in [-0.25, -0.2) is 13.9 Å². The number of rotatable bonds is 2. The van der Waals surface area contributed by atoms with Gasteiger partial charge in [-0.05, 0) is 29.1 Å². The maximum atomic E-state index is 12.7. The molecule has 0 aliphatic carbocycles. The van der Waals surface area contributed by atoms with Crippen molar-refractivity contribution in [2.75, 3.05) is 0 Å². The molecule has 0 N–H and O–H groups in total. The van der Waals surface area contributed by atoms with Gasteiger partial charge in [0.05, 0.1) is 12.1 Å². The van der Waals surface area contributed by atoms with E-state index in [0.29, 0.717) is 27.6 Å². The first-order valence-corrected chi connectivity index (χ1v) is 8.12. The van der Waals surface area contributed by atoms with Crippen LogP contribution >= 0.6 is 22.9 Å². The molecule has 0 saturated carbocycles. The Balaban J connectivity index is 1.99. The van der Waals surface area contributed by atoms with Crippen molar-refractivity contribution < 1.29 is 0 Å². The molecule has 1 aromatic carbocycles. The van der Waals surface area contributed by atoms with Crippen LogP contribution in [0.1, 0.15) is 5.56 Å². The summed E-state index contributed by atoms with van der Waals surface area (Å²) in [6.07, 6.45) is 0. The van der Waals surface area contributed by atoms with Crippen LogP contribution < -0.4 is 11.2 Å². The first kappa shape index (κ1) is 14.2. The van der Waals surface area contributed by atoms with E-state index in [0.717, 1.165) is 5.56 Å². The van der Waals surface area contributed by atoms with Crippen LogP contribution in [-0.2, 0) is 13.6 Å². The Hall–Kier alpha value is -2.38. The summed E-state index contributed by atoms with van der Waals surface area (Å²) >= 11 is 7.30. The molecule has 3 heterocycles. The second-order valence-electron chi connectivity index (χ2n) is 5.20. The number of aryl methyl sites for hydroxylation is 1. The van der Waals surface area contributed by atoms with Crippen LogP contribution in [-0.4, -0.2) is 18.7 Å². The third kappa shape index (κ3) is 2.12. The molecule has 0 unspecified atom stereocenters. The highest BCUT2D eigenvalue weighted by Gasteiger charge is 2.16. The van der Waals surface area contributed by atoms with Crippen molar-refractivity contribution in [1.82, 2.24) is 18.7 Å². The van der Waals surface area contributed by atoms with Crippen molar-refractivity contribution in [2.24, 2.45) is 7.05 Å². The molecule has 0 bridgehead atoms. The minimum Gasteiger partial charge on any atom is -0.279 e. The molecule has 0 spiro atoms. The molecular weight excluding hydrogens is 336 g/mol. The standard InChI is InChI=1S/C15H11ClN4O2S/c1-18-13(21)12-11(5-6-23-12)20-14(18)17-19(15(20)22)8-9-3-2-4-10(16)7-9/h2-7H,8H2,1H3. The van der Waals surface area contributed by atoms with Crippen molar-refractivity contribution in [3.63, 3.8) is 0 Å². The minimum atomic E-state index is -0.279. The highest BCUT2D eigenvalue weighted by Crippen LogP contribution is 2.17. The second kappa shape index (κ2) is 5.07. The van der Waals surface area contributed by atoms with Gasteiger partial charge in [-0.15, -0.1) is 16.4 Å². The lowest BCUT2D eigenvalue weighted by Gasteiger charge is -2.00. The van der Waals surface area contributed by atoms with Crippen LogP contribution in [0.4, 0.5) is 0 Å². The molecule has 4 rings (SSSR count). The summed E-state index contributed by atoms with van der Waals surface area (Å²) < 4.78 is 4.76. The molecule has 0 saturated heterocycles. The molecule has 0 aliphatic rings. The molecule has 0 aliphatic heterocycles. The normalized spacial score (nSPS) is 11.6. The van der Waals surface area contributed by atoms with Crippen molar-refractivity contribution in [3.8, 4) is 0 Å². The Morgan fingerprint density at radius 3 is 2.87 bits per heavy atom. The summed E-state index contributed by atoms with van der Waals surface area (Å²) in [6.45, 7) is 0.293. The molecule has 0 radical (unpaired) electrons. The van der Waals surface area contributed by atoms with Crippen LogP contribution in [0.3, 0.4) is 0 Å². The summed E-state index contributed by atoms with van der Waals surface area (Å²) in [6, 6.07) is 9.03. The van der Waals surface area contributed by atoms with E-state index in [4.69, 9.17) is 11.6 Å². The highest BCUT2D eigenvalue weighted by atomic mass is 35.5. The van der Waals surface area contributed by atoms with Crippen molar-refractivity contribution in [2.45, 2.75) is 6.54 Å². The number of halogens is 1. The zero-order chi connectivity index (χ0) is 16.1. The molecule has 0 fully saturated rings. The largest absolute Gasteiger partial charge is 0.352 e.